The molecule has 1 heterocycles. The van der Waals surface area contributed by atoms with Gasteiger partial charge in [-0.1, -0.05) is 0 Å². The minimum Gasteiger partial charge on any atom is -0.492 e. The molecule has 0 bridgehead atoms. The van der Waals surface area contributed by atoms with Crippen molar-refractivity contribution in [3.63, 3.8) is 0 Å². The maximum atomic E-state index is 12.8. The number of aliphatic hydroxyl groups excluding tert-OH is 1. The van der Waals surface area contributed by atoms with Gasteiger partial charge in [0.1, 0.15) is 24.3 Å². The van der Waals surface area contributed by atoms with Gasteiger partial charge in [0, 0.05) is 18.7 Å². The third-order valence-electron chi connectivity index (χ3n) is 3.69. The summed E-state index contributed by atoms with van der Waals surface area (Å²) in [6.45, 7) is 4.20. The highest BCUT2D eigenvalue weighted by molar-refractivity contribution is 5.22. The number of halogens is 1. The Morgan fingerprint density at radius 1 is 1.15 bits per heavy atom. The molecule has 142 valence electrons. The maximum Gasteiger partial charge on any atom is 0.250 e. The highest BCUT2D eigenvalue weighted by Gasteiger charge is 2.19. The molecule has 2 N–H and O–H groups in total. The van der Waals surface area contributed by atoms with Gasteiger partial charge in [-0.15, -0.1) is 0 Å². The normalized spacial score (nSPS) is 12.6. The van der Waals surface area contributed by atoms with Crippen molar-refractivity contribution in [2.24, 2.45) is 0 Å². The molecule has 0 aliphatic rings. The smallest absolute Gasteiger partial charge is 0.250 e. The standard InChI is InChI=1S/C19H24FNO5/c1-13(2)26-17(19(23)24)11-14-7-8-21(18(22)12-14)9-10-25-16-5-3-15(20)4-6-16/h3-8,12-13,17,19,23-24H,9-11H2,1-2H3. The van der Waals surface area contributed by atoms with Gasteiger partial charge < -0.3 is 24.3 Å². The number of aliphatic hydroxyl groups is 2. The summed E-state index contributed by atoms with van der Waals surface area (Å²) in [6, 6.07) is 8.84. The zero-order valence-electron chi connectivity index (χ0n) is 14.8. The van der Waals surface area contributed by atoms with E-state index < -0.39 is 12.4 Å². The van der Waals surface area contributed by atoms with Crippen molar-refractivity contribution in [1.29, 1.82) is 0 Å². The summed E-state index contributed by atoms with van der Waals surface area (Å²) in [4.78, 5) is 12.2. The van der Waals surface area contributed by atoms with E-state index in [0.717, 1.165) is 0 Å². The molecule has 0 fully saturated rings. The second-order valence-electron chi connectivity index (χ2n) is 6.21. The third-order valence-corrected chi connectivity index (χ3v) is 3.69. The fourth-order valence-corrected chi connectivity index (χ4v) is 2.46. The van der Waals surface area contributed by atoms with Crippen LogP contribution in [-0.2, 0) is 17.7 Å². The summed E-state index contributed by atoms with van der Waals surface area (Å²) < 4.78 is 25.3. The fourth-order valence-electron chi connectivity index (χ4n) is 2.46. The van der Waals surface area contributed by atoms with E-state index in [1.807, 2.05) is 0 Å². The van der Waals surface area contributed by atoms with E-state index in [0.29, 0.717) is 17.9 Å². The first-order valence-electron chi connectivity index (χ1n) is 8.44. The van der Waals surface area contributed by atoms with Crippen LogP contribution in [0.1, 0.15) is 19.4 Å². The van der Waals surface area contributed by atoms with Crippen LogP contribution in [0.5, 0.6) is 5.75 Å². The number of hydrogen-bond donors (Lipinski definition) is 2. The Kier molecular flexibility index (Phi) is 7.32. The highest BCUT2D eigenvalue weighted by atomic mass is 19.1. The lowest BCUT2D eigenvalue weighted by molar-refractivity contribution is -0.157. The molecule has 0 amide bonds. The van der Waals surface area contributed by atoms with Gasteiger partial charge >= 0.3 is 0 Å². The van der Waals surface area contributed by atoms with Gasteiger partial charge in [-0.25, -0.2) is 4.39 Å². The van der Waals surface area contributed by atoms with E-state index in [1.165, 1.54) is 34.9 Å². The lowest BCUT2D eigenvalue weighted by Gasteiger charge is -2.22. The predicted molar refractivity (Wildman–Crippen MR) is 94.5 cm³/mol. The largest absolute Gasteiger partial charge is 0.492 e. The third kappa shape index (κ3) is 6.25. The molecule has 0 saturated carbocycles. The SMILES string of the molecule is CC(C)OC(Cc1ccn(CCOc2ccc(F)cc2)c(=O)c1)C(O)O. The van der Waals surface area contributed by atoms with E-state index in [-0.39, 0.29) is 30.5 Å². The summed E-state index contributed by atoms with van der Waals surface area (Å²) in [7, 11) is 0. The van der Waals surface area contributed by atoms with Crippen molar-refractivity contribution in [1.82, 2.24) is 4.57 Å². The molecule has 0 spiro atoms. The Morgan fingerprint density at radius 3 is 2.42 bits per heavy atom. The van der Waals surface area contributed by atoms with E-state index in [1.54, 1.807) is 26.1 Å². The highest BCUT2D eigenvalue weighted by Crippen LogP contribution is 2.11. The maximum absolute atomic E-state index is 12.8. The van der Waals surface area contributed by atoms with Crippen molar-refractivity contribution in [2.45, 2.75) is 45.3 Å². The summed E-state index contributed by atoms with van der Waals surface area (Å²) >= 11 is 0. The Hall–Kier alpha value is -2.22. The lowest BCUT2D eigenvalue weighted by atomic mass is 10.1. The fraction of sp³-hybridized carbons (Fsp3) is 0.421. The number of pyridine rings is 1. The molecule has 6 nitrogen and oxygen atoms in total. The molecule has 0 radical (unpaired) electrons. The second-order valence-corrected chi connectivity index (χ2v) is 6.21. The first kappa shape index (κ1) is 20.1. The molecule has 2 rings (SSSR count). The van der Waals surface area contributed by atoms with Gasteiger partial charge in [0.25, 0.3) is 5.56 Å². The molecule has 26 heavy (non-hydrogen) atoms. The van der Waals surface area contributed by atoms with Crippen molar-refractivity contribution in [2.75, 3.05) is 6.61 Å². The van der Waals surface area contributed by atoms with Gasteiger partial charge in [0.15, 0.2) is 6.29 Å². The summed E-state index contributed by atoms with van der Waals surface area (Å²) in [6.07, 6.45) is -0.735. The lowest BCUT2D eigenvalue weighted by Crippen LogP contribution is -2.33. The van der Waals surface area contributed by atoms with Crippen LogP contribution in [0.3, 0.4) is 0 Å². The molecule has 1 aromatic heterocycles. The Bertz CT molecular complexity index is 742. The number of rotatable bonds is 9. The first-order chi connectivity index (χ1) is 12.3. The van der Waals surface area contributed by atoms with Crippen LogP contribution in [0.2, 0.25) is 0 Å². The summed E-state index contributed by atoms with van der Waals surface area (Å²) in [5.74, 6) is 0.193. The zero-order valence-corrected chi connectivity index (χ0v) is 14.8. The molecule has 0 aliphatic carbocycles. The van der Waals surface area contributed by atoms with Gasteiger partial charge in [-0.3, -0.25) is 4.79 Å². The van der Waals surface area contributed by atoms with Crippen molar-refractivity contribution < 1.29 is 24.1 Å². The topological polar surface area (TPSA) is 80.9 Å². The van der Waals surface area contributed by atoms with Crippen molar-refractivity contribution in [3.05, 3.63) is 64.3 Å². The van der Waals surface area contributed by atoms with Gasteiger partial charge in [0.05, 0.1) is 12.6 Å². The molecule has 1 atom stereocenters. The Morgan fingerprint density at radius 2 is 1.85 bits per heavy atom. The van der Waals surface area contributed by atoms with E-state index in [9.17, 15) is 19.4 Å². The van der Waals surface area contributed by atoms with Gasteiger partial charge in [0.2, 0.25) is 0 Å². The minimum atomic E-state index is -1.62. The van der Waals surface area contributed by atoms with Crippen LogP contribution in [-0.4, -0.2) is 39.9 Å². The molecule has 1 aromatic carbocycles. The van der Waals surface area contributed by atoms with E-state index in [4.69, 9.17) is 9.47 Å². The molecule has 1 unspecified atom stereocenters. The van der Waals surface area contributed by atoms with Crippen LogP contribution in [0.25, 0.3) is 0 Å². The second kappa shape index (κ2) is 9.47. The number of hydrogen-bond acceptors (Lipinski definition) is 5. The monoisotopic (exact) mass is 365 g/mol. The number of nitrogens with zero attached hydrogens (tertiary/aromatic N) is 1. The summed E-state index contributed by atoms with van der Waals surface area (Å²) in [5, 5.41) is 18.8. The Labute approximate surface area is 151 Å². The summed E-state index contributed by atoms with van der Waals surface area (Å²) in [5.41, 5.74) is 0.436. The average Bonchev–Trinajstić information content (AvgIpc) is 2.57. The molecule has 0 saturated heterocycles. The van der Waals surface area contributed by atoms with Crippen LogP contribution in [0.15, 0.2) is 47.4 Å². The van der Waals surface area contributed by atoms with Crippen molar-refractivity contribution in [3.8, 4) is 5.75 Å². The van der Waals surface area contributed by atoms with Crippen LogP contribution < -0.4 is 10.3 Å². The van der Waals surface area contributed by atoms with Gasteiger partial charge in [-0.05, 0) is 49.7 Å². The predicted octanol–water partition coefficient (Wildman–Crippen LogP) is 1.71. The van der Waals surface area contributed by atoms with Crippen LogP contribution in [0, 0.1) is 5.82 Å². The zero-order chi connectivity index (χ0) is 19.1. The van der Waals surface area contributed by atoms with E-state index in [2.05, 4.69) is 0 Å². The first-order valence-corrected chi connectivity index (χ1v) is 8.44. The Balaban J connectivity index is 1.93. The minimum absolute atomic E-state index is 0.161. The molecular weight excluding hydrogens is 341 g/mol. The number of benzene rings is 1. The quantitative estimate of drug-likeness (QED) is 0.662. The van der Waals surface area contributed by atoms with E-state index >= 15 is 0 Å². The average molecular weight is 365 g/mol. The van der Waals surface area contributed by atoms with Crippen LogP contribution in [0.4, 0.5) is 4.39 Å². The van der Waals surface area contributed by atoms with Gasteiger partial charge in [-0.2, -0.15) is 0 Å². The molecule has 0 aliphatic heterocycles. The molecule has 7 heteroatoms. The van der Waals surface area contributed by atoms with Crippen molar-refractivity contribution >= 4 is 0 Å². The number of ether oxygens (including phenoxy) is 2. The molecule has 2 aromatic rings. The number of aromatic nitrogens is 1. The van der Waals surface area contributed by atoms with Crippen LogP contribution >= 0.6 is 0 Å². The molecular formula is C19H24FNO5.